The second-order valence-corrected chi connectivity index (χ2v) is 2.26. The van der Waals surface area contributed by atoms with Gasteiger partial charge >= 0.3 is 0 Å². The molecule has 1 rings (SSSR count). The van der Waals surface area contributed by atoms with Crippen LogP contribution in [0.5, 0.6) is 0 Å². The molecule has 2 N–H and O–H groups in total. The number of nitrogens with two attached hydrogens (primary N) is 1. The minimum absolute atomic E-state index is 0.0800. The smallest absolute Gasteiger partial charge is 0.240 e. The largest absolute Gasteiger partial charge is 0.459 e. The maximum absolute atomic E-state index is 5.32. The Balaban J connectivity index is 2.22. The van der Waals surface area contributed by atoms with Gasteiger partial charge in [0.1, 0.15) is 12.0 Å². The molecule has 0 aromatic carbocycles. The van der Waals surface area contributed by atoms with Crippen LogP contribution in [-0.2, 0) is 9.47 Å². The van der Waals surface area contributed by atoms with E-state index in [0.717, 1.165) is 18.6 Å². The van der Waals surface area contributed by atoms with E-state index in [9.17, 15) is 0 Å². The zero-order valence-corrected chi connectivity index (χ0v) is 6.17. The fraction of sp³-hybridized carbons (Fsp3) is 0.714. The zero-order chi connectivity index (χ0) is 7.40. The normalized spacial score (nSPS) is 23.4. The fourth-order valence-electron chi connectivity index (χ4n) is 0.835. The summed E-state index contributed by atoms with van der Waals surface area (Å²) in [4.78, 5) is 0. The predicted octanol–water partition coefficient (Wildman–Crippen LogP) is 0.960. The Hall–Kier alpha value is -0.700. The molecule has 1 heterocycles. The molecule has 58 valence electrons. The van der Waals surface area contributed by atoms with Crippen LogP contribution >= 0.6 is 0 Å². The van der Waals surface area contributed by atoms with Gasteiger partial charge in [-0.2, -0.15) is 0 Å². The number of hydrogen-bond acceptors (Lipinski definition) is 3. The summed E-state index contributed by atoms with van der Waals surface area (Å²) in [7, 11) is 0. The molecule has 3 nitrogen and oxygen atoms in total. The van der Waals surface area contributed by atoms with Crippen molar-refractivity contribution < 1.29 is 9.47 Å². The van der Waals surface area contributed by atoms with Crippen molar-refractivity contribution in [3.63, 3.8) is 0 Å². The van der Waals surface area contributed by atoms with Gasteiger partial charge in [0.2, 0.25) is 6.29 Å². The summed E-state index contributed by atoms with van der Waals surface area (Å²) in [6.45, 7) is 2.52. The Labute approximate surface area is 60.8 Å². The molecule has 1 aliphatic rings. The van der Waals surface area contributed by atoms with Crippen molar-refractivity contribution in [2.75, 3.05) is 6.54 Å². The molecule has 0 aromatic rings. The molecule has 0 spiro atoms. The Kier molecular flexibility index (Phi) is 2.57. The van der Waals surface area contributed by atoms with E-state index in [4.69, 9.17) is 15.2 Å². The van der Waals surface area contributed by atoms with Crippen LogP contribution < -0.4 is 5.73 Å². The summed E-state index contributed by atoms with van der Waals surface area (Å²) >= 11 is 0. The van der Waals surface area contributed by atoms with Crippen molar-refractivity contribution in [3.05, 3.63) is 12.0 Å². The molecule has 0 saturated heterocycles. The van der Waals surface area contributed by atoms with Crippen molar-refractivity contribution in [1.82, 2.24) is 0 Å². The van der Waals surface area contributed by atoms with Crippen LogP contribution in [0.3, 0.4) is 0 Å². The summed E-state index contributed by atoms with van der Waals surface area (Å²) in [6, 6.07) is 0. The molecule has 1 atom stereocenters. The van der Waals surface area contributed by atoms with Crippen molar-refractivity contribution >= 4 is 0 Å². The highest BCUT2D eigenvalue weighted by Crippen LogP contribution is 2.16. The third-order valence-electron chi connectivity index (χ3n) is 1.36. The van der Waals surface area contributed by atoms with E-state index >= 15 is 0 Å². The Bertz CT molecular complexity index is 134. The van der Waals surface area contributed by atoms with E-state index < -0.39 is 0 Å². The van der Waals surface area contributed by atoms with Crippen molar-refractivity contribution in [2.45, 2.75) is 26.1 Å². The number of ether oxygens (including phenoxy) is 2. The minimum atomic E-state index is -0.0800. The molecular formula is C7H13NO2. The third kappa shape index (κ3) is 1.64. The first-order valence-corrected chi connectivity index (χ1v) is 3.58. The predicted molar refractivity (Wildman–Crippen MR) is 38.0 cm³/mol. The topological polar surface area (TPSA) is 44.5 Å². The molecule has 0 fully saturated rings. The summed E-state index contributed by atoms with van der Waals surface area (Å²) in [5.74, 6) is 0.749. The average molecular weight is 143 g/mol. The third-order valence-corrected chi connectivity index (χ3v) is 1.36. The van der Waals surface area contributed by atoms with Crippen LogP contribution in [-0.4, -0.2) is 12.8 Å². The lowest BCUT2D eigenvalue weighted by atomic mass is 10.3. The molecule has 3 heteroatoms. The van der Waals surface area contributed by atoms with Gasteiger partial charge in [0.25, 0.3) is 0 Å². The van der Waals surface area contributed by atoms with Gasteiger partial charge in [-0.25, -0.2) is 0 Å². The van der Waals surface area contributed by atoms with Gasteiger partial charge in [-0.3, -0.25) is 0 Å². The minimum Gasteiger partial charge on any atom is -0.459 e. The highest BCUT2D eigenvalue weighted by atomic mass is 16.7. The van der Waals surface area contributed by atoms with Crippen LogP contribution in [0, 0.1) is 0 Å². The van der Waals surface area contributed by atoms with Crippen LogP contribution in [0.25, 0.3) is 0 Å². The van der Waals surface area contributed by atoms with Gasteiger partial charge in [0.15, 0.2) is 0 Å². The van der Waals surface area contributed by atoms with Crippen LogP contribution in [0.4, 0.5) is 0 Å². The van der Waals surface area contributed by atoms with Gasteiger partial charge in [-0.05, 0) is 6.42 Å². The van der Waals surface area contributed by atoms with Gasteiger partial charge in [-0.1, -0.05) is 6.92 Å². The van der Waals surface area contributed by atoms with Gasteiger partial charge in [0.05, 0.1) is 6.54 Å². The first kappa shape index (κ1) is 7.41. The maximum atomic E-state index is 5.32. The zero-order valence-electron chi connectivity index (χ0n) is 6.17. The second kappa shape index (κ2) is 3.46. The summed E-state index contributed by atoms with van der Waals surface area (Å²) in [6.07, 6.45) is 3.51. The van der Waals surface area contributed by atoms with Crippen LogP contribution in [0.1, 0.15) is 19.8 Å². The molecule has 0 aromatic heterocycles. The number of rotatable bonds is 3. The summed E-state index contributed by atoms with van der Waals surface area (Å²) in [5.41, 5.74) is 5.32. The number of hydrogen-bond donors (Lipinski definition) is 1. The highest BCUT2D eigenvalue weighted by Gasteiger charge is 2.16. The van der Waals surface area contributed by atoms with Gasteiger partial charge in [-0.15, -0.1) is 0 Å². The molecule has 0 bridgehead atoms. The van der Waals surface area contributed by atoms with Crippen LogP contribution in [0.2, 0.25) is 0 Å². The summed E-state index contributed by atoms with van der Waals surface area (Å²) < 4.78 is 10.4. The van der Waals surface area contributed by atoms with E-state index in [0.29, 0.717) is 6.54 Å². The lowest BCUT2D eigenvalue weighted by Crippen LogP contribution is -2.10. The quantitative estimate of drug-likeness (QED) is 0.640. The molecule has 0 aliphatic carbocycles. The lowest BCUT2D eigenvalue weighted by Gasteiger charge is -2.08. The average Bonchev–Trinajstić information content (AvgIpc) is 2.37. The van der Waals surface area contributed by atoms with E-state index in [1.807, 2.05) is 0 Å². The van der Waals surface area contributed by atoms with Crippen LogP contribution in [0.15, 0.2) is 12.0 Å². The summed E-state index contributed by atoms with van der Waals surface area (Å²) in [5, 5.41) is 0. The van der Waals surface area contributed by atoms with Gasteiger partial charge in [0, 0.05) is 6.42 Å². The first-order chi connectivity index (χ1) is 4.86. The molecule has 0 radical (unpaired) electrons. The van der Waals surface area contributed by atoms with E-state index in [-0.39, 0.29) is 6.29 Å². The maximum Gasteiger partial charge on any atom is 0.240 e. The second-order valence-electron chi connectivity index (χ2n) is 2.26. The Morgan fingerprint density at radius 2 is 2.50 bits per heavy atom. The Morgan fingerprint density at radius 1 is 1.70 bits per heavy atom. The van der Waals surface area contributed by atoms with E-state index in [1.165, 1.54) is 0 Å². The SMILES string of the molecule is CCCC1OC=C(CN)O1. The molecule has 0 amide bonds. The molecule has 1 unspecified atom stereocenters. The lowest BCUT2D eigenvalue weighted by molar-refractivity contribution is -0.0371. The standard InChI is InChI=1S/C7H13NO2/c1-2-3-7-9-5-6(4-8)10-7/h5,7H,2-4,8H2,1H3. The van der Waals surface area contributed by atoms with Gasteiger partial charge < -0.3 is 15.2 Å². The fourth-order valence-corrected chi connectivity index (χ4v) is 0.835. The van der Waals surface area contributed by atoms with Crippen molar-refractivity contribution in [1.29, 1.82) is 0 Å². The highest BCUT2D eigenvalue weighted by molar-refractivity contribution is 4.93. The first-order valence-electron chi connectivity index (χ1n) is 3.58. The molecular weight excluding hydrogens is 130 g/mol. The van der Waals surface area contributed by atoms with E-state index in [1.54, 1.807) is 6.26 Å². The molecule has 0 saturated carbocycles. The Morgan fingerprint density at radius 3 is 3.00 bits per heavy atom. The van der Waals surface area contributed by atoms with Crippen molar-refractivity contribution in [3.8, 4) is 0 Å². The van der Waals surface area contributed by atoms with E-state index in [2.05, 4.69) is 6.92 Å². The monoisotopic (exact) mass is 143 g/mol. The van der Waals surface area contributed by atoms with Crippen molar-refractivity contribution in [2.24, 2.45) is 5.73 Å². The molecule has 10 heavy (non-hydrogen) atoms. The molecule has 1 aliphatic heterocycles.